The molecule has 1 amide bonds. The molecule has 0 bridgehead atoms. The number of rotatable bonds is 6. The Bertz CT molecular complexity index is 1200. The highest BCUT2D eigenvalue weighted by Gasteiger charge is 2.18. The average Bonchev–Trinajstić information content (AvgIpc) is 3.20. The minimum Gasteiger partial charge on any atom is -0.325 e. The van der Waals surface area contributed by atoms with Crippen molar-refractivity contribution in [2.45, 2.75) is 25.9 Å². The third-order valence-corrected chi connectivity index (χ3v) is 5.87. The van der Waals surface area contributed by atoms with E-state index in [4.69, 9.17) is 0 Å². The smallest absolute Gasteiger partial charge is 0.234 e. The topological polar surface area (TPSA) is 72.7 Å². The van der Waals surface area contributed by atoms with Gasteiger partial charge in [-0.2, -0.15) is 0 Å². The third kappa shape index (κ3) is 4.83. The molecule has 156 valence electrons. The molecule has 6 nitrogen and oxygen atoms in total. The van der Waals surface area contributed by atoms with E-state index in [1.54, 1.807) is 6.20 Å². The van der Waals surface area contributed by atoms with Gasteiger partial charge < -0.3 is 5.32 Å². The molecule has 0 radical (unpaired) electrons. The highest BCUT2D eigenvalue weighted by Crippen LogP contribution is 2.27. The SMILES string of the molecule is Cc1ccc(-n2c(SCC(=O)Nc3ccc(C)c(C)c3)nnc2-c2ccccn2)cc1. The van der Waals surface area contributed by atoms with Crippen LogP contribution in [0.15, 0.2) is 72.0 Å². The molecular formula is C24H23N5OS. The molecule has 0 aliphatic carbocycles. The number of pyridine rings is 1. The van der Waals surface area contributed by atoms with Crippen LogP contribution in [0.3, 0.4) is 0 Å². The Balaban J connectivity index is 1.57. The molecular weight excluding hydrogens is 406 g/mol. The zero-order valence-corrected chi connectivity index (χ0v) is 18.5. The monoisotopic (exact) mass is 429 g/mol. The molecule has 2 aromatic heterocycles. The number of anilines is 1. The molecule has 0 fully saturated rings. The van der Waals surface area contributed by atoms with Crippen molar-refractivity contribution in [1.29, 1.82) is 0 Å². The number of benzene rings is 2. The van der Waals surface area contributed by atoms with Crippen LogP contribution in [0, 0.1) is 20.8 Å². The van der Waals surface area contributed by atoms with Crippen LogP contribution >= 0.6 is 11.8 Å². The van der Waals surface area contributed by atoms with Gasteiger partial charge in [0.25, 0.3) is 0 Å². The molecule has 4 rings (SSSR count). The lowest BCUT2D eigenvalue weighted by Crippen LogP contribution is -2.14. The molecule has 2 heterocycles. The maximum atomic E-state index is 12.5. The van der Waals surface area contributed by atoms with Crippen LogP contribution in [-0.4, -0.2) is 31.4 Å². The first-order valence-corrected chi connectivity index (χ1v) is 10.9. The van der Waals surface area contributed by atoms with E-state index in [0.29, 0.717) is 11.0 Å². The fraction of sp³-hybridized carbons (Fsp3) is 0.167. The molecule has 0 saturated heterocycles. The fourth-order valence-corrected chi connectivity index (χ4v) is 3.85. The molecule has 0 spiro atoms. The molecule has 2 aromatic carbocycles. The maximum absolute atomic E-state index is 12.5. The Morgan fingerprint density at radius 1 is 0.968 bits per heavy atom. The second-order valence-electron chi connectivity index (χ2n) is 7.33. The highest BCUT2D eigenvalue weighted by molar-refractivity contribution is 7.99. The van der Waals surface area contributed by atoms with Crippen molar-refractivity contribution in [1.82, 2.24) is 19.7 Å². The van der Waals surface area contributed by atoms with E-state index in [9.17, 15) is 4.79 Å². The summed E-state index contributed by atoms with van der Waals surface area (Å²) in [5.41, 5.74) is 5.95. The van der Waals surface area contributed by atoms with Gasteiger partial charge in [-0.3, -0.25) is 14.3 Å². The average molecular weight is 430 g/mol. The van der Waals surface area contributed by atoms with Crippen molar-refractivity contribution in [3.8, 4) is 17.2 Å². The van der Waals surface area contributed by atoms with E-state index >= 15 is 0 Å². The van der Waals surface area contributed by atoms with Crippen molar-refractivity contribution < 1.29 is 4.79 Å². The molecule has 0 atom stereocenters. The number of carbonyl (C=O) groups is 1. The van der Waals surface area contributed by atoms with Crippen molar-refractivity contribution in [2.75, 3.05) is 11.1 Å². The van der Waals surface area contributed by atoms with Gasteiger partial charge in [-0.25, -0.2) is 0 Å². The van der Waals surface area contributed by atoms with E-state index in [0.717, 1.165) is 28.2 Å². The highest BCUT2D eigenvalue weighted by atomic mass is 32.2. The summed E-state index contributed by atoms with van der Waals surface area (Å²) in [5, 5.41) is 12.3. The lowest BCUT2D eigenvalue weighted by Gasteiger charge is -2.11. The summed E-state index contributed by atoms with van der Waals surface area (Å²) in [6, 6.07) is 19.7. The van der Waals surface area contributed by atoms with Gasteiger partial charge in [0.2, 0.25) is 5.91 Å². The number of nitrogens with one attached hydrogen (secondary N) is 1. The van der Waals surface area contributed by atoms with Gasteiger partial charge in [-0.15, -0.1) is 10.2 Å². The van der Waals surface area contributed by atoms with Gasteiger partial charge in [-0.1, -0.05) is 41.6 Å². The minimum absolute atomic E-state index is 0.0916. The largest absolute Gasteiger partial charge is 0.325 e. The molecule has 4 aromatic rings. The molecule has 0 saturated carbocycles. The summed E-state index contributed by atoms with van der Waals surface area (Å²) in [6.07, 6.45) is 1.73. The predicted octanol–water partition coefficient (Wildman–Crippen LogP) is 4.99. The Morgan fingerprint density at radius 3 is 2.48 bits per heavy atom. The maximum Gasteiger partial charge on any atom is 0.234 e. The zero-order chi connectivity index (χ0) is 21.8. The first kappa shape index (κ1) is 20.8. The van der Waals surface area contributed by atoms with Crippen LogP contribution in [0.1, 0.15) is 16.7 Å². The van der Waals surface area contributed by atoms with Crippen LogP contribution in [-0.2, 0) is 4.79 Å². The Morgan fingerprint density at radius 2 is 1.77 bits per heavy atom. The summed E-state index contributed by atoms with van der Waals surface area (Å²) in [7, 11) is 0. The van der Waals surface area contributed by atoms with Crippen molar-refractivity contribution >= 4 is 23.4 Å². The lowest BCUT2D eigenvalue weighted by atomic mass is 10.1. The van der Waals surface area contributed by atoms with Crippen LogP contribution in [0.5, 0.6) is 0 Å². The van der Waals surface area contributed by atoms with Gasteiger partial charge in [0, 0.05) is 17.6 Å². The summed E-state index contributed by atoms with van der Waals surface area (Å²) in [6.45, 7) is 6.12. The van der Waals surface area contributed by atoms with E-state index < -0.39 is 0 Å². The number of aromatic nitrogens is 4. The van der Waals surface area contributed by atoms with Gasteiger partial charge in [0.1, 0.15) is 5.69 Å². The van der Waals surface area contributed by atoms with Crippen molar-refractivity contribution in [3.63, 3.8) is 0 Å². The second kappa shape index (κ2) is 9.14. The number of aryl methyl sites for hydroxylation is 3. The predicted molar refractivity (Wildman–Crippen MR) is 125 cm³/mol. The Labute approximate surface area is 185 Å². The quantitative estimate of drug-likeness (QED) is 0.437. The Hall–Kier alpha value is -3.45. The number of thioether (sulfide) groups is 1. The third-order valence-electron chi connectivity index (χ3n) is 4.94. The minimum atomic E-state index is -0.0916. The molecule has 7 heteroatoms. The van der Waals surface area contributed by atoms with E-state index in [1.807, 2.05) is 86.0 Å². The van der Waals surface area contributed by atoms with Crippen LogP contribution in [0.25, 0.3) is 17.2 Å². The fourth-order valence-electron chi connectivity index (χ4n) is 3.10. The first-order valence-electron chi connectivity index (χ1n) is 9.95. The number of hydrogen-bond donors (Lipinski definition) is 1. The molecule has 1 N–H and O–H groups in total. The van der Waals surface area contributed by atoms with Crippen molar-refractivity contribution in [3.05, 3.63) is 83.6 Å². The normalized spacial score (nSPS) is 10.8. The summed E-state index contributed by atoms with van der Waals surface area (Å²) >= 11 is 1.35. The van der Waals surface area contributed by atoms with Gasteiger partial charge in [-0.05, 0) is 68.3 Å². The summed E-state index contributed by atoms with van der Waals surface area (Å²) in [5.74, 6) is 0.770. The summed E-state index contributed by atoms with van der Waals surface area (Å²) < 4.78 is 1.94. The Kier molecular flexibility index (Phi) is 6.13. The van der Waals surface area contributed by atoms with E-state index in [-0.39, 0.29) is 11.7 Å². The van der Waals surface area contributed by atoms with Gasteiger partial charge in [0.15, 0.2) is 11.0 Å². The second-order valence-corrected chi connectivity index (χ2v) is 8.27. The molecule has 0 aliphatic heterocycles. The van der Waals surface area contributed by atoms with Crippen molar-refractivity contribution in [2.24, 2.45) is 0 Å². The standard InChI is InChI=1S/C24H23N5OS/c1-16-7-11-20(12-8-16)29-23(21-6-4-5-13-25-21)27-28-24(29)31-15-22(30)26-19-10-9-17(2)18(3)14-19/h4-14H,15H2,1-3H3,(H,26,30). The molecule has 0 unspecified atom stereocenters. The number of nitrogens with zero attached hydrogens (tertiary/aromatic N) is 4. The first-order chi connectivity index (χ1) is 15.0. The lowest BCUT2D eigenvalue weighted by molar-refractivity contribution is -0.113. The number of carbonyl (C=O) groups excluding carboxylic acids is 1. The number of amides is 1. The zero-order valence-electron chi connectivity index (χ0n) is 17.7. The van der Waals surface area contributed by atoms with Crippen LogP contribution in [0.4, 0.5) is 5.69 Å². The van der Waals surface area contributed by atoms with Crippen LogP contribution < -0.4 is 5.32 Å². The molecule has 31 heavy (non-hydrogen) atoms. The van der Waals surface area contributed by atoms with E-state index in [2.05, 4.69) is 20.5 Å². The molecule has 0 aliphatic rings. The van der Waals surface area contributed by atoms with Gasteiger partial charge >= 0.3 is 0 Å². The summed E-state index contributed by atoms with van der Waals surface area (Å²) in [4.78, 5) is 17.0. The van der Waals surface area contributed by atoms with Crippen LogP contribution in [0.2, 0.25) is 0 Å². The van der Waals surface area contributed by atoms with E-state index in [1.165, 1.54) is 17.3 Å². The number of hydrogen-bond acceptors (Lipinski definition) is 5. The van der Waals surface area contributed by atoms with Gasteiger partial charge in [0.05, 0.1) is 5.75 Å².